The van der Waals surface area contributed by atoms with Gasteiger partial charge >= 0.3 is 11.9 Å². The van der Waals surface area contributed by atoms with Crippen molar-refractivity contribution in [1.82, 2.24) is 4.90 Å². The Morgan fingerprint density at radius 3 is 2.15 bits per heavy atom. The molecule has 0 unspecified atom stereocenters. The molecule has 3 aromatic rings. The summed E-state index contributed by atoms with van der Waals surface area (Å²) < 4.78 is 10.5. The van der Waals surface area contributed by atoms with Crippen LogP contribution in [0.4, 0.5) is 0 Å². The quantitative estimate of drug-likeness (QED) is 0.291. The van der Waals surface area contributed by atoms with Crippen LogP contribution in [0.2, 0.25) is 0 Å². The van der Waals surface area contributed by atoms with Gasteiger partial charge in [-0.3, -0.25) is 14.4 Å². The largest absolute Gasteiger partial charge is 0.457 e. The molecule has 34 heavy (non-hydrogen) atoms. The van der Waals surface area contributed by atoms with Crippen molar-refractivity contribution in [2.24, 2.45) is 5.92 Å². The van der Waals surface area contributed by atoms with Crippen molar-refractivity contribution in [2.75, 3.05) is 13.2 Å². The molecule has 0 aromatic heterocycles. The summed E-state index contributed by atoms with van der Waals surface area (Å²) in [6, 6.07) is 24.1. The molecule has 1 saturated heterocycles. The minimum atomic E-state index is -0.594. The van der Waals surface area contributed by atoms with E-state index in [1.54, 1.807) is 35.2 Å². The Balaban J connectivity index is 1.26. The lowest BCUT2D eigenvalue weighted by Gasteiger charge is -2.16. The van der Waals surface area contributed by atoms with E-state index >= 15 is 0 Å². The Bertz CT molecular complexity index is 1170. The van der Waals surface area contributed by atoms with E-state index in [4.69, 9.17) is 9.47 Å². The molecular weight excluding hydrogens is 434 g/mol. The highest BCUT2D eigenvalue weighted by Gasteiger charge is 2.35. The van der Waals surface area contributed by atoms with E-state index in [1.165, 1.54) is 24.3 Å². The molecule has 0 aliphatic carbocycles. The van der Waals surface area contributed by atoms with Crippen molar-refractivity contribution in [3.05, 3.63) is 102 Å². The van der Waals surface area contributed by atoms with Crippen LogP contribution in [0.5, 0.6) is 5.75 Å². The summed E-state index contributed by atoms with van der Waals surface area (Å²) in [6.45, 7) is 0.275. The summed E-state index contributed by atoms with van der Waals surface area (Å²) in [4.78, 5) is 50.9. The molecule has 7 heteroatoms. The fraction of sp³-hybridized carbons (Fsp3) is 0.185. The van der Waals surface area contributed by atoms with E-state index in [1.807, 2.05) is 30.3 Å². The molecule has 0 saturated carbocycles. The first-order valence-electron chi connectivity index (χ1n) is 10.9. The van der Waals surface area contributed by atoms with E-state index in [9.17, 15) is 19.2 Å². The van der Waals surface area contributed by atoms with Crippen molar-refractivity contribution in [3.63, 3.8) is 0 Å². The number of amides is 1. The number of hydrogen-bond acceptors (Lipinski definition) is 6. The van der Waals surface area contributed by atoms with Crippen LogP contribution < -0.4 is 4.74 Å². The molecule has 4 rings (SSSR count). The number of carbonyl (C=O) groups excluding carboxylic acids is 4. The molecule has 1 amide bonds. The van der Waals surface area contributed by atoms with Gasteiger partial charge < -0.3 is 14.4 Å². The summed E-state index contributed by atoms with van der Waals surface area (Å²) in [5.74, 6) is -1.86. The molecule has 1 aliphatic rings. The Morgan fingerprint density at radius 2 is 1.47 bits per heavy atom. The van der Waals surface area contributed by atoms with E-state index in [-0.39, 0.29) is 24.7 Å². The average Bonchev–Trinajstić information content (AvgIpc) is 3.24. The van der Waals surface area contributed by atoms with Crippen LogP contribution in [-0.2, 0) is 20.9 Å². The maximum Gasteiger partial charge on any atom is 0.343 e. The molecule has 7 nitrogen and oxygen atoms in total. The lowest BCUT2D eigenvalue weighted by atomic mass is 10.1. The number of Topliss-reactive ketones (excluding diaryl/α,β-unsaturated/α-hetero) is 1. The molecule has 1 atom stereocenters. The second-order valence-electron chi connectivity index (χ2n) is 7.97. The number of carbonyl (C=O) groups is 4. The second kappa shape index (κ2) is 10.6. The Kier molecular flexibility index (Phi) is 7.13. The Hall–Kier alpha value is -4.26. The predicted molar refractivity (Wildman–Crippen MR) is 123 cm³/mol. The molecule has 0 bridgehead atoms. The molecule has 0 spiro atoms. The lowest BCUT2D eigenvalue weighted by molar-refractivity contribution is -0.147. The van der Waals surface area contributed by atoms with Crippen LogP contribution >= 0.6 is 0 Å². The zero-order valence-corrected chi connectivity index (χ0v) is 18.4. The minimum Gasteiger partial charge on any atom is -0.457 e. The van der Waals surface area contributed by atoms with Crippen molar-refractivity contribution in [3.8, 4) is 5.75 Å². The van der Waals surface area contributed by atoms with Crippen LogP contribution in [0, 0.1) is 5.92 Å². The Labute approximate surface area is 196 Å². The van der Waals surface area contributed by atoms with Gasteiger partial charge in [-0.2, -0.15) is 0 Å². The first-order chi connectivity index (χ1) is 16.5. The van der Waals surface area contributed by atoms with Gasteiger partial charge in [-0.1, -0.05) is 48.5 Å². The highest BCUT2D eigenvalue weighted by atomic mass is 16.5. The monoisotopic (exact) mass is 457 g/mol. The third-order valence-electron chi connectivity index (χ3n) is 5.51. The second-order valence-corrected chi connectivity index (χ2v) is 7.97. The van der Waals surface area contributed by atoms with Gasteiger partial charge in [0.05, 0.1) is 11.5 Å². The molecule has 0 N–H and O–H groups in total. The van der Waals surface area contributed by atoms with Gasteiger partial charge in [0, 0.05) is 25.1 Å². The summed E-state index contributed by atoms with van der Waals surface area (Å²) >= 11 is 0. The van der Waals surface area contributed by atoms with Gasteiger partial charge in [-0.25, -0.2) is 4.79 Å². The van der Waals surface area contributed by atoms with Crippen LogP contribution in [0.3, 0.4) is 0 Å². The number of ether oxygens (including phenoxy) is 2. The van der Waals surface area contributed by atoms with Crippen molar-refractivity contribution < 1.29 is 28.7 Å². The lowest BCUT2D eigenvalue weighted by Crippen LogP contribution is -2.27. The molecule has 172 valence electrons. The van der Waals surface area contributed by atoms with Crippen molar-refractivity contribution in [2.45, 2.75) is 13.0 Å². The van der Waals surface area contributed by atoms with Crippen LogP contribution in [0.25, 0.3) is 0 Å². The highest BCUT2D eigenvalue weighted by molar-refractivity contribution is 5.98. The van der Waals surface area contributed by atoms with Gasteiger partial charge in [0.15, 0.2) is 12.4 Å². The molecule has 1 heterocycles. The third kappa shape index (κ3) is 5.75. The van der Waals surface area contributed by atoms with Crippen LogP contribution in [-0.4, -0.2) is 41.7 Å². The maximum absolute atomic E-state index is 12.4. The van der Waals surface area contributed by atoms with E-state index in [2.05, 4.69) is 0 Å². The molecule has 0 radical (unpaired) electrons. The summed E-state index contributed by atoms with van der Waals surface area (Å²) in [5, 5.41) is 0. The van der Waals surface area contributed by atoms with E-state index in [0.29, 0.717) is 23.4 Å². The van der Waals surface area contributed by atoms with Gasteiger partial charge in [-0.15, -0.1) is 0 Å². The number of hydrogen-bond donors (Lipinski definition) is 0. The normalized spacial score (nSPS) is 15.1. The Morgan fingerprint density at radius 1 is 0.824 bits per heavy atom. The van der Waals surface area contributed by atoms with E-state index < -0.39 is 24.5 Å². The molecule has 3 aromatic carbocycles. The summed E-state index contributed by atoms with van der Waals surface area (Å²) in [6.07, 6.45) is 0.0708. The molecule has 1 fully saturated rings. The van der Waals surface area contributed by atoms with Gasteiger partial charge in [-0.05, 0) is 42.0 Å². The number of benzene rings is 3. The smallest absolute Gasteiger partial charge is 0.343 e. The SMILES string of the molecule is O=C(COC(=O)[C@@H]1CC(=O)N(Cc2ccccc2)C1)c1ccc(OC(=O)c2ccccc2)cc1. The average molecular weight is 457 g/mol. The predicted octanol–water partition coefficient (Wildman–Crippen LogP) is 3.68. The summed E-state index contributed by atoms with van der Waals surface area (Å²) in [7, 11) is 0. The zero-order valence-electron chi connectivity index (χ0n) is 18.4. The van der Waals surface area contributed by atoms with Gasteiger partial charge in [0.2, 0.25) is 5.91 Å². The summed E-state index contributed by atoms with van der Waals surface area (Å²) in [5.41, 5.74) is 1.72. The first kappa shape index (κ1) is 22.9. The molecular formula is C27H23NO6. The number of likely N-dealkylation sites (tertiary alicyclic amines) is 1. The number of nitrogens with zero attached hydrogens (tertiary/aromatic N) is 1. The number of esters is 2. The zero-order chi connectivity index (χ0) is 23.9. The van der Waals surface area contributed by atoms with Crippen LogP contribution in [0.1, 0.15) is 32.7 Å². The third-order valence-corrected chi connectivity index (χ3v) is 5.51. The maximum atomic E-state index is 12.4. The van der Waals surface area contributed by atoms with E-state index in [0.717, 1.165) is 5.56 Å². The van der Waals surface area contributed by atoms with Crippen molar-refractivity contribution in [1.29, 1.82) is 0 Å². The number of rotatable bonds is 8. The fourth-order valence-corrected chi connectivity index (χ4v) is 3.67. The standard InChI is InChI=1S/C27H23NO6/c29-24(20-11-13-23(14-12-20)34-27(32)21-9-5-2-6-10-21)18-33-26(31)22-15-25(30)28(17-22)16-19-7-3-1-4-8-19/h1-14,22H,15-18H2/t22-/m1/s1. The van der Waals surface area contributed by atoms with Gasteiger partial charge in [0.1, 0.15) is 5.75 Å². The van der Waals surface area contributed by atoms with Crippen molar-refractivity contribution >= 4 is 23.6 Å². The first-order valence-corrected chi connectivity index (χ1v) is 10.9. The topological polar surface area (TPSA) is 90.0 Å². The molecule has 1 aliphatic heterocycles. The van der Waals surface area contributed by atoms with Crippen LogP contribution in [0.15, 0.2) is 84.9 Å². The van der Waals surface area contributed by atoms with Gasteiger partial charge in [0.25, 0.3) is 0 Å². The fourth-order valence-electron chi connectivity index (χ4n) is 3.67. The highest BCUT2D eigenvalue weighted by Crippen LogP contribution is 2.22. The minimum absolute atomic E-state index is 0.0708. The number of ketones is 1.